The van der Waals surface area contributed by atoms with Gasteiger partial charge >= 0.3 is 0 Å². The third-order valence-electron chi connectivity index (χ3n) is 2.76. The summed E-state index contributed by atoms with van der Waals surface area (Å²) in [4.78, 5) is 0. The molecule has 0 saturated carbocycles. The molecule has 0 bridgehead atoms. The van der Waals surface area contributed by atoms with Gasteiger partial charge in [-0.2, -0.15) is 5.26 Å². The lowest BCUT2D eigenvalue weighted by atomic mass is 10.0. The van der Waals surface area contributed by atoms with E-state index >= 15 is 0 Å². The summed E-state index contributed by atoms with van der Waals surface area (Å²) in [6, 6.07) is 16.5. The molecular formula is C15H12BrFN2. The fourth-order valence-corrected chi connectivity index (χ4v) is 2.06. The minimum Gasteiger partial charge on any atom is -0.377 e. The molecule has 1 atom stereocenters. The molecule has 0 spiro atoms. The summed E-state index contributed by atoms with van der Waals surface area (Å²) in [6.45, 7) is 0. The Kier molecular flexibility index (Phi) is 4.53. The van der Waals surface area contributed by atoms with E-state index in [1.807, 2.05) is 30.3 Å². The number of nitrogens with zero attached hydrogens (tertiary/aromatic N) is 1. The molecule has 0 saturated heterocycles. The van der Waals surface area contributed by atoms with Crippen molar-refractivity contribution in [1.29, 1.82) is 5.26 Å². The smallest absolute Gasteiger partial charge is 0.139 e. The van der Waals surface area contributed by atoms with E-state index in [1.54, 1.807) is 12.1 Å². The summed E-state index contributed by atoms with van der Waals surface area (Å²) in [6.07, 6.45) is 0.321. The number of hydrogen-bond acceptors (Lipinski definition) is 2. The van der Waals surface area contributed by atoms with Crippen molar-refractivity contribution < 1.29 is 4.39 Å². The first kappa shape index (κ1) is 13.6. The minimum absolute atomic E-state index is 0.147. The fourth-order valence-electron chi connectivity index (χ4n) is 1.82. The molecule has 4 heteroatoms. The highest BCUT2D eigenvalue weighted by atomic mass is 79.9. The van der Waals surface area contributed by atoms with Crippen molar-refractivity contribution in [3.05, 3.63) is 64.4 Å². The Hall–Kier alpha value is -1.86. The van der Waals surface area contributed by atoms with Crippen LogP contribution >= 0.6 is 15.9 Å². The molecule has 0 radical (unpaired) electrons. The van der Waals surface area contributed by atoms with Crippen LogP contribution in [-0.2, 0) is 0 Å². The molecule has 2 aromatic carbocycles. The van der Waals surface area contributed by atoms with Gasteiger partial charge in [0.2, 0.25) is 0 Å². The summed E-state index contributed by atoms with van der Waals surface area (Å²) in [7, 11) is 0. The Morgan fingerprint density at radius 2 is 1.95 bits per heavy atom. The van der Waals surface area contributed by atoms with Gasteiger partial charge < -0.3 is 5.32 Å². The molecule has 2 aromatic rings. The van der Waals surface area contributed by atoms with Gasteiger partial charge in [-0.15, -0.1) is 0 Å². The van der Waals surface area contributed by atoms with Crippen LogP contribution in [0.1, 0.15) is 18.0 Å². The van der Waals surface area contributed by atoms with Crippen molar-refractivity contribution in [3.63, 3.8) is 0 Å². The second-order valence-electron chi connectivity index (χ2n) is 4.10. The van der Waals surface area contributed by atoms with Gasteiger partial charge in [0.15, 0.2) is 0 Å². The van der Waals surface area contributed by atoms with E-state index in [-0.39, 0.29) is 11.9 Å². The van der Waals surface area contributed by atoms with Crippen molar-refractivity contribution in [2.24, 2.45) is 0 Å². The third kappa shape index (κ3) is 3.55. The number of hydrogen-bond donors (Lipinski definition) is 1. The van der Waals surface area contributed by atoms with E-state index in [4.69, 9.17) is 5.26 Å². The van der Waals surface area contributed by atoms with Crippen molar-refractivity contribution in [2.75, 3.05) is 5.32 Å². The Labute approximate surface area is 120 Å². The van der Waals surface area contributed by atoms with Gasteiger partial charge in [-0.05, 0) is 39.7 Å². The molecule has 2 nitrogen and oxygen atoms in total. The Morgan fingerprint density at radius 3 is 2.58 bits per heavy atom. The van der Waals surface area contributed by atoms with E-state index in [2.05, 4.69) is 27.3 Å². The summed E-state index contributed by atoms with van der Waals surface area (Å²) in [5.41, 5.74) is 1.66. The van der Waals surface area contributed by atoms with Crippen LogP contribution in [0.25, 0.3) is 0 Å². The van der Waals surface area contributed by atoms with Crippen LogP contribution in [-0.4, -0.2) is 0 Å². The predicted molar refractivity (Wildman–Crippen MR) is 77.1 cm³/mol. The van der Waals surface area contributed by atoms with Crippen molar-refractivity contribution in [3.8, 4) is 6.07 Å². The lowest BCUT2D eigenvalue weighted by Crippen LogP contribution is -2.10. The number of rotatable bonds is 4. The van der Waals surface area contributed by atoms with Crippen molar-refractivity contribution >= 4 is 21.6 Å². The third-order valence-corrected chi connectivity index (χ3v) is 3.40. The van der Waals surface area contributed by atoms with Crippen LogP contribution in [0.2, 0.25) is 0 Å². The second-order valence-corrected chi connectivity index (χ2v) is 4.95. The molecular weight excluding hydrogens is 307 g/mol. The van der Waals surface area contributed by atoms with Crippen LogP contribution in [0.5, 0.6) is 0 Å². The second kappa shape index (κ2) is 6.35. The minimum atomic E-state index is -0.325. The van der Waals surface area contributed by atoms with Gasteiger partial charge in [0.05, 0.1) is 23.0 Å². The summed E-state index contributed by atoms with van der Waals surface area (Å²) < 4.78 is 13.9. The molecule has 0 aliphatic heterocycles. The zero-order chi connectivity index (χ0) is 13.7. The van der Waals surface area contributed by atoms with Crippen LogP contribution in [0.15, 0.2) is 53.0 Å². The van der Waals surface area contributed by atoms with Gasteiger partial charge in [0.25, 0.3) is 0 Å². The molecule has 0 amide bonds. The molecule has 96 valence electrons. The number of benzene rings is 2. The molecule has 1 N–H and O–H groups in total. The predicted octanol–water partition coefficient (Wildman–Crippen LogP) is 4.66. The van der Waals surface area contributed by atoms with E-state index in [1.165, 1.54) is 6.07 Å². The van der Waals surface area contributed by atoms with E-state index in [0.29, 0.717) is 16.6 Å². The zero-order valence-electron chi connectivity index (χ0n) is 10.1. The van der Waals surface area contributed by atoms with Crippen molar-refractivity contribution in [2.45, 2.75) is 12.5 Å². The quantitative estimate of drug-likeness (QED) is 0.890. The highest BCUT2D eigenvalue weighted by Gasteiger charge is 2.11. The van der Waals surface area contributed by atoms with Gasteiger partial charge in [-0.25, -0.2) is 4.39 Å². The average molecular weight is 319 g/mol. The molecule has 1 unspecified atom stereocenters. The lowest BCUT2D eigenvalue weighted by Gasteiger charge is -2.17. The maximum absolute atomic E-state index is 13.5. The van der Waals surface area contributed by atoms with Gasteiger partial charge in [-0.1, -0.05) is 30.3 Å². The van der Waals surface area contributed by atoms with Crippen molar-refractivity contribution in [1.82, 2.24) is 0 Å². The average Bonchev–Trinajstić information content (AvgIpc) is 2.43. The van der Waals surface area contributed by atoms with Gasteiger partial charge in [-0.3, -0.25) is 0 Å². The summed E-state index contributed by atoms with van der Waals surface area (Å²) in [5.74, 6) is -0.325. The largest absolute Gasteiger partial charge is 0.377 e. The highest BCUT2D eigenvalue weighted by Crippen LogP contribution is 2.25. The number of halogens is 2. The SMILES string of the molecule is N#CCC(Nc1ccc(Br)c(F)c1)c1ccccc1. The van der Waals surface area contributed by atoms with Gasteiger partial charge in [0, 0.05) is 5.69 Å². The number of nitriles is 1. The molecule has 0 aliphatic rings. The zero-order valence-corrected chi connectivity index (χ0v) is 11.7. The van der Waals surface area contributed by atoms with Crippen LogP contribution < -0.4 is 5.32 Å². The van der Waals surface area contributed by atoms with Crippen LogP contribution in [0, 0.1) is 17.1 Å². The molecule has 19 heavy (non-hydrogen) atoms. The van der Waals surface area contributed by atoms with Gasteiger partial charge in [0.1, 0.15) is 5.82 Å². The maximum atomic E-state index is 13.5. The van der Waals surface area contributed by atoms with E-state index in [9.17, 15) is 4.39 Å². The Morgan fingerprint density at radius 1 is 1.21 bits per heavy atom. The number of anilines is 1. The van der Waals surface area contributed by atoms with Crippen LogP contribution in [0.3, 0.4) is 0 Å². The van der Waals surface area contributed by atoms with Crippen LogP contribution in [0.4, 0.5) is 10.1 Å². The molecule has 0 heterocycles. The first-order chi connectivity index (χ1) is 9.20. The Balaban J connectivity index is 2.22. The first-order valence-electron chi connectivity index (χ1n) is 5.84. The standard InChI is InChI=1S/C15H12BrFN2/c16-13-7-6-12(10-14(13)17)19-15(8-9-18)11-4-2-1-3-5-11/h1-7,10,15,19H,8H2. The highest BCUT2D eigenvalue weighted by molar-refractivity contribution is 9.10. The maximum Gasteiger partial charge on any atom is 0.139 e. The monoisotopic (exact) mass is 318 g/mol. The fraction of sp³-hybridized carbons (Fsp3) is 0.133. The molecule has 0 fully saturated rings. The lowest BCUT2D eigenvalue weighted by molar-refractivity contribution is 0.621. The Bertz CT molecular complexity index is 593. The topological polar surface area (TPSA) is 35.8 Å². The molecule has 2 rings (SSSR count). The summed E-state index contributed by atoms with van der Waals surface area (Å²) in [5, 5.41) is 12.1. The first-order valence-corrected chi connectivity index (χ1v) is 6.63. The summed E-state index contributed by atoms with van der Waals surface area (Å²) >= 11 is 3.12. The molecule has 0 aromatic heterocycles. The van der Waals surface area contributed by atoms with E-state index < -0.39 is 0 Å². The molecule has 0 aliphatic carbocycles. The normalized spacial score (nSPS) is 11.6. The number of nitrogens with one attached hydrogen (secondary N) is 1. The van der Waals surface area contributed by atoms with E-state index in [0.717, 1.165) is 5.56 Å².